The van der Waals surface area contributed by atoms with Gasteiger partial charge in [0.05, 0.1) is 12.6 Å². The Balaban J connectivity index is 1.21. The van der Waals surface area contributed by atoms with Crippen molar-refractivity contribution in [3.8, 4) is 0 Å². The van der Waals surface area contributed by atoms with Crippen LogP contribution in [0.4, 0.5) is 4.79 Å². The fraction of sp³-hybridized carbons (Fsp3) is 0.867. The van der Waals surface area contributed by atoms with Crippen molar-refractivity contribution < 1.29 is 27.5 Å². The van der Waals surface area contributed by atoms with Crippen molar-refractivity contribution in [3.05, 3.63) is 0 Å². The number of carbonyl (C=O) groups excluding carboxylic acids is 2. The number of piperidine rings is 1. The van der Waals surface area contributed by atoms with Gasteiger partial charge in [-0.2, -0.15) is 9.27 Å². The Morgan fingerprint density at radius 3 is 2.93 bits per heavy atom. The Hall–Kier alpha value is -1.31. The standard InChI is InChI=1S/C15H25N5O6S/c21-14(17-25-9-11-5-10(6-16-11)7-18-3-4-18)13-2-1-12-8-19(13)15(22)20(12)26-27(23)24/h10-13,16H,1-9H2,(H,17,21)(H,23,24)/t10-,11+,12?,13?/m1/s1. The van der Waals surface area contributed by atoms with E-state index >= 15 is 0 Å². The molecule has 4 aliphatic heterocycles. The summed E-state index contributed by atoms with van der Waals surface area (Å²) in [6.45, 7) is 5.14. The molecule has 5 atom stereocenters. The minimum absolute atomic E-state index is 0.211. The van der Waals surface area contributed by atoms with Gasteiger partial charge in [-0.3, -0.25) is 14.2 Å². The predicted molar refractivity (Wildman–Crippen MR) is 93.0 cm³/mol. The fourth-order valence-electron chi connectivity index (χ4n) is 4.14. The van der Waals surface area contributed by atoms with E-state index in [2.05, 4.69) is 20.0 Å². The number of nitrogens with one attached hydrogen (secondary N) is 2. The maximum atomic E-state index is 12.4. The summed E-state index contributed by atoms with van der Waals surface area (Å²) in [6, 6.07) is -1.35. The number of hydroxylamine groups is 3. The molecule has 4 heterocycles. The molecule has 0 aromatic rings. The highest BCUT2D eigenvalue weighted by molar-refractivity contribution is 7.74. The summed E-state index contributed by atoms with van der Waals surface area (Å²) in [5, 5.41) is 4.30. The van der Waals surface area contributed by atoms with Crippen LogP contribution >= 0.6 is 0 Å². The van der Waals surface area contributed by atoms with Crippen LogP contribution in [-0.4, -0.2) is 93.0 Å². The summed E-state index contributed by atoms with van der Waals surface area (Å²) in [7, 11) is 0. The molecule has 4 saturated heterocycles. The number of nitrogens with zero attached hydrogens (tertiary/aromatic N) is 3. The zero-order valence-electron chi connectivity index (χ0n) is 14.9. The third-order valence-corrected chi connectivity index (χ3v) is 5.88. The Bertz CT molecular complexity index is 620. The number of rotatable bonds is 8. The number of carbonyl (C=O) groups is 2. The highest BCUT2D eigenvalue weighted by atomic mass is 32.2. The van der Waals surface area contributed by atoms with Crippen molar-refractivity contribution in [2.45, 2.75) is 37.4 Å². The van der Waals surface area contributed by atoms with E-state index in [1.165, 1.54) is 18.0 Å². The molecule has 3 unspecified atom stereocenters. The van der Waals surface area contributed by atoms with Crippen LogP contribution in [0.15, 0.2) is 0 Å². The lowest BCUT2D eigenvalue weighted by Crippen LogP contribution is -2.50. The van der Waals surface area contributed by atoms with Gasteiger partial charge >= 0.3 is 17.4 Å². The van der Waals surface area contributed by atoms with Crippen LogP contribution in [0.2, 0.25) is 0 Å². The van der Waals surface area contributed by atoms with Crippen LogP contribution in [0.25, 0.3) is 0 Å². The smallest absolute Gasteiger partial charge is 0.311 e. The number of fused-ring (bicyclic) bond motifs is 2. The number of hydrogen-bond acceptors (Lipinski definition) is 7. The quantitative estimate of drug-likeness (QED) is 0.259. The second-order valence-electron chi connectivity index (χ2n) is 7.58. The Morgan fingerprint density at radius 1 is 1.37 bits per heavy atom. The fourth-order valence-corrected chi connectivity index (χ4v) is 4.46. The van der Waals surface area contributed by atoms with Crippen molar-refractivity contribution >= 4 is 23.3 Å². The van der Waals surface area contributed by atoms with Crippen molar-refractivity contribution in [1.82, 2.24) is 25.7 Å². The average Bonchev–Trinajstić information content (AvgIpc) is 3.29. The van der Waals surface area contributed by atoms with Crippen LogP contribution in [0.1, 0.15) is 19.3 Å². The van der Waals surface area contributed by atoms with E-state index in [0.717, 1.165) is 24.6 Å². The molecule has 152 valence electrons. The van der Waals surface area contributed by atoms with Crippen molar-refractivity contribution in [2.75, 3.05) is 39.3 Å². The molecule has 0 aromatic heterocycles. The predicted octanol–water partition coefficient (Wildman–Crippen LogP) is -1.34. The molecule has 4 rings (SSSR count). The molecule has 4 aliphatic rings. The Morgan fingerprint density at radius 2 is 2.19 bits per heavy atom. The first-order valence-corrected chi connectivity index (χ1v) is 10.3. The van der Waals surface area contributed by atoms with E-state index in [1.807, 2.05) is 0 Å². The van der Waals surface area contributed by atoms with Crippen LogP contribution in [0.5, 0.6) is 0 Å². The SMILES string of the molecule is O=C(NOC[C@@H]1C[C@@H](CN2CC2)CN1)C1CCC2CN1C(=O)N2OS(=O)O. The Kier molecular flexibility index (Phi) is 5.62. The van der Waals surface area contributed by atoms with Gasteiger partial charge in [0, 0.05) is 32.2 Å². The first-order valence-electron chi connectivity index (χ1n) is 9.27. The first-order chi connectivity index (χ1) is 13.0. The summed E-state index contributed by atoms with van der Waals surface area (Å²) in [5.41, 5.74) is 2.45. The van der Waals surface area contributed by atoms with Crippen molar-refractivity contribution in [1.29, 1.82) is 0 Å². The zero-order chi connectivity index (χ0) is 19.0. The molecule has 0 radical (unpaired) electrons. The van der Waals surface area contributed by atoms with E-state index in [-0.39, 0.29) is 24.5 Å². The molecule has 3 amide bonds. The molecule has 2 bridgehead atoms. The second-order valence-corrected chi connectivity index (χ2v) is 8.17. The summed E-state index contributed by atoms with van der Waals surface area (Å²) < 4.78 is 24.3. The van der Waals surface area contributed by atoms with Gasteiger partial charge < -0.3 is 15.1 Å². The number of urea groups is 1. The van der Waals surface area contributed by atoms with E-state index in [1.54, 1.807) is 0 Å². The molecular formula is C15H25N5O6S. The maximum Gasteiger partial charge on any atom is 0.346 e. The zero-order valence-corrected chi connectivity index (χ0v) is 15.7. The molecule has 0 aromatic carbocycles. The van der Waals surface area contributed by atoms with E-state index in [0.29, 0.717) is 25.4 Å². The van der Waals surface area contributed by atoms with Gasteiger partial charge in [-0.05, 0) is 31.7 Å². The van der Waals surface area contributed by atoms with Gasteiger partial charge in [0.15, 0.2) is 0 Å². The Labute approximate surface area is 159 Å². The molecule has 0 aliphatic carbocycles. The molecule has 0 spiro atoms. The van der Waals surface area contributed by atoms with Gasteiger partial charge in [0.25, 0.3) is 5.91 Å². The third-order valence-electron chi connectivity index (χ3n) is 5.60. The summed E-state index contributed by atoms with van der Waals surface area (Å²) >= 11 is -2.57. The highest BCUT2D eigenvalue weighted by Gasteiger charge is 2.48. The first kappa shape index (κ1) is 19.0. The van der Waals surface area contributed by atoms with Gasteiger partial charge in [0.1, 0.15) is 6.04 Å². The van der Waals surface area contributed by atoms with Crippen LogP contribution in [0.3, 0.4) is 0 Å². The molecule has 0 saturated carbocycles. The normalized spacial score (nSPS) is 34.2. The lowest BCUT2D eigenvalue weighted by Gasteiger charge is -2.29. The van der Waals surface area contributed by atoms with Gasteiger partial charge in [0.2, 0.25) is 0 Å². The van der Waals surface area contributed by atoms with Gasteiger partial charge in [-0.25, -0.2) is 10.3 Å². The second kappa shape index (κ2) is 7.97. The topological polar surface area (TPSA) is 123 Å². The largest absolute Gasteiger partial charge is 0.346 e. The number of hydrogen-bond donors (Lipinski definition) is 3. The van der Waals surface area contributed by atoms with Gasteiger partial charge in [-0.1, -0.05) is 0 Å². The lowest BCUT2D eigenvalue weighted by molar-refractivity contribution is -0.139. The monoisotopic (exact) mass is 403 g/mol. The molecule has 12 heteroatoms. The van der Waals surface area contributed by atoms with E-state index < -0.39 is 23.4 Å². The maximum absolute atomic E-state index is 12.4. The average molecular weight is 403 g/mol. The summed E-state index contributed by atoms with van der Waals surface area (Å²) in [4.78, 5) is 33.9. The van der Waals surface area contributed by atoms with E-state index in [9.17, 15) is 13.8 Å². The van der Waals surface area contributed by atoms with Crippen LogP contribution < -0.4 is 10.8 Å². The van der Waals surface area contributed by atoms with Crippen molar-refractivity contribution in [3.63, 3.8) is 0 Å². The van der Waals surface area contributed by atoms with Gasteiger partial charge in [-0.15, -0.1) is 4.28 Å². The number of amides is 3. The van der Waals surface area contributed by atoms with Crippen LogP contribution in [0, 0.1) is 5.92 Å². The molecule has 27 heavy (non-hydrogen) atoms. The molecular weight excluding hydrogens is 378 g/mol. The van der Waals surface area contributed by atoms with Crippen molar-refractivity contribution in [2.24, 2.45) is 5.92 Å². The molecule has 4 fully saturated rings. The minimum Gasteiger partial charge on any atom is -0.311 e. The molecule has 3 N–H and O–H groups in total. The highest BCUT2D eigenvalue weighted by Crippen LogP contribution is 2.30. The molecule has 11 nitrogen and oxygen atoms in total. The van der Waals surface area contributed by atoms with E-state index in [4.69, 9.17) is 9.39 Å². The minimum atomic E-state index is -2.57. The van der Waals surface area contributed by atoms with Crippen LogP contribution in [-0.2, 0) is 25.3 Å². The summed E-state index contributed by atoms with van der Waals surface area (Å²) in [6.07, 6.45) is 1.98. The third kappa shape index (κ3) is 4.41. The lowest BCUT2D eigenvalue weighted by atomic mass is 10.0. The summed E-state index contributed by atoms with van der Waals surface area (Å²) in [5.74, 6) is 0.241.